The van der Waals surface area contributed by atoms with Crippen molar-refractivity contribution in [1.82, 2.24) is 15.1 Å². The van der Waals surface area contributed by atoms with Gasteiger partial charge in [-0.15, -0.1) is 0 Å². The smallest absolute Gasteiger partial charge is 0.274 e. The van der Waals surface area contributed by atoms with Crippen molar-refractivity contribution in [1.29, 1.82) is 0 Å². The maximum Gasteiger partial charge on any atom is 0.274 e. The number of nitrogens with one attached hydrogen (secondary N) is 1. The molecule has 1 aromatic rings. The summed E-state index contributed by atoms with van der Waals surface area (Å²) in [4.78, 5) is 15.4. The summed E-state index contributed by atoms with van der Waals surface area (Å²) in [5, 5.41) is 7.61. The monoisotopic (exact) mass is 357 g/mol. The van der Waals surface area contributed by atoms with E-state index in [9.17, 15) is 4.79 Å². The van der Waals surface area contributed by atoms with Crippen LogP contribution in [0, 0.1) is 11.3 Å². The quantitative estimate of drug-likeness (QED) is 0.893. The lowest BCUT2D eigenvalue weighted by Crippen LogP contribution is -2.71. The number of aromatic nitrogens is 2. The van der Waals surface area contributed by atoms with Crippen molar-refractivity contribution in [3.8, 4) is 0 Å². The van der Waals surface area contributed by atoms with Crippen molar-refractivity contribution in [2.75, 3.05) is 19.8 Å². The number of carbonyl (C=O) groups excluding carboxylic acids is 1. The first kappa shape index (κ1) is 16.8. The maximum absolute atomic E-state index is 13.2. The SMILES string of the molecule is O=C(c1cc(C2CCCCC2)[nH]n1)N1CC2(CCC2)[C@@H]1C1CCOCC1. The Labute approximate surface area is 155 Å². The molecule has 1 N–H and O–H groups in total. The minimum atomic E-state index is 0.150. The first-order chi connectivity index (χ1) is 12.8. The number of amides is 1. The Bertz CT molecular complexity index is 654. The molecule has 5 nitrogen and oxygen atoms in total. The average Bonchev–Trinajstić information content (AvgIpc) is 3.11. The normalized spacial score (nSPS) is 29.4. The Morgan fingerprint density at radius 1 is 1.12 bits per heavy atom. The van der Waals surface area contributed by atoms with Crippen LogP contribution in [0.5, 0.6) is 0 Å². The second-order valence-electron chi connectivity index (χ2n) is 9.09. The number of rotatable bonds is 3. The maximum atomic E-state index is 13.2. The predicted molar refractivity (Wildman–Crippen MR) is 99.1 cm³/mol. The minimum absolute atomic E-state index is 0.150. The number of hydrogen-bond donors (Lipinski definition) is 1. The van der Waals surface area contributed by atoms with Crippen molar-refractivity contribution in [2.45, 2.75) is 76.2 Å². The van der Waals surface area contributed by atoms with E-state index in [0.717, 1.165) is 32.6 Å². The minimum Gasteiger partial charge on any atom is -0.381 e. The van der Waals surface area contributed by atoms with Crippen LogP contribution < -0.4 is 0 Å². The van der Waals surface area contributed by atoms with Crippen LogP contribution in [0.1, 0.15) is 86.3 Å². The molecule has 2 saturated heterocycles. The van der Waals surface area contributed by atoms with Crippen molar-refractivity contribution < 1.29 is 9.53 Å². The lowest BCUT2D eigenvalue weighted by Gasteiger charge is -2.65. The summed E-state index contributed by atoms with van der Waals surface area (Å²) in [5.74, 6) is 1.33. The van der Waals surface area contributed by atoms with E-state index in [0.29, 0.717) is 29.0 Å². The molecule has 0 radical (unpaired) electrons. The highest BCUT2D eigenvalue weighted by Gasteiger charge is 2.59. The second kappa shape index (κ2) is 6.66. The van der Waals surface area contributed by atoms with E-state index in [4.69, 9.17) is 4.74 Å². The molecule has 0 bridgehead atoms. The third kappa shape index (κ3) is 2.70. The molecule has 26 heavy (non-hydrogen) atoms. The zero-order valence-corrected chi connectivity index (χ0v) is 15.7. The Morgan fingerprint density at radius 2 is 1.88 bits per heavy atom. The van der Waals surface area contributed by atoms with Crippen LogP contribution in [-0.2, 0) is 4.74 Å². The molecular weight excluding hydrogens is 326 g/mol. The zero-order valence-electron chi connectivity index (χ0n) is 15.7. The standard InChI is InChI=1S/C21H31N3O2/c25-20(18-13-17(22-23-18)15-5-2-1-3-6-15)24-14-21(9-4-10-21)19(24)16-7-11-26-12-8-16/h13,15-16,19H,1-12,14H2,(H,22,23)/t19-/m0/s1. The molecule has 0 aromatic carbocycles. The Balaban J connectivity index is 1.32. The van der Waals surface area contributed by atoms with E-state index in [1.807, 2.05) is 6.07 Å². The van der Waals surface area contributed by atoms with Gasteiger partial charge in [-0.1, -0.05) is 25.7 Å². The number of hydrogen-bond acceptors (Lipinski definition) is 3. The molecule has 2 aliphatic carbocycles. The molecule has 1 spiro atoms. The average molecular weight is 357 g/mol. The van der Waals surface area contributed by atoms with E-state index in [2.05, 4.69) is 15.1 Å². The van der Waals surface area contributed by atoms with Gasteiger partial charge in [-0.2, -0.15) is 5.10 Å². The molecule has 142 valence electrons. The van der Waals surface area contributed by atoms with Gasteiger partial charge in [0.1, 0.15) is 5.69 Å². The van der Waals surface area contributed by atoms with Gasteiger partial charge >= 0.3 is 0 Å². The zero-order chi connectivity index (χ0) is 17.6. The molecule has 1 atom stereocenters. The molecule has 3 heterocycles. The van der Waals surface area contributed by atoms with Crippen LogP contribution in [0.2, 0.25) is 0 Å². The van der Waals surface area contributed by atoms with Crippen LogP contribution in [-0.4, -0.2) is 46.8 Å². The van der Waals surface area contributed by atoms with Gasteiger partial charge in [0.15, 0.2) is 0 Å². The van der Waals surface area contributed by atoms with Gasteiger partial charge in [-0.05, 0) is 50.5 Å². The van der Waals surface area contributed by atoms with Crippen LogP contribution in [0.4, 0.5) is 0 Å². The summed E-state index contributed by atoms with van der Waals surface area (Å²) in [6.07, 6.45) is 12.5. The number of nitrogens with zero attached hydrogens (tertiary/aromatic N) is 2. The Hall–Kier alpha value is -1.36. The summed E-state index contributed by atoms with van der Waals surface area (Å²) in [6.45, 7) is 2.65. The third-order valence-corrected chi connectivity index (χ3v) is 7.63. The predicted octanol–water partition coefficient (Wildman–Crippen LogP) is 3.88. The first-order valence-electron chi connectivity index (χ1n) is 10.7. The summed E-state index contributed by atoms with van der Waals surface area (Å²) in [7, 11) is 0. The Kier molecular flexibility index (Phi) is 4.30. The van der Waals surface area contributed by atoms with Gasteiger partial charge in [0.05, 0.1) is 0 Å². The van der Waals surface area contributed by atoms with Gasteiger partial charge in [-0.3, -0.25) is 9.89 Å². The third-order valence-electron chi connectivity index (χ3n) is 7.63. The van der Waals surface area contributed by atoms with Gasteiger partial charge in [0.2, 0.25) is 0 Å². The molecule has 2 saturated carbocycles. The highest BCUT2D eigenvalue weighted by atomic mass is 16.5. The molecule has 5 rings (SSSR count). The highest BCUT2D eigenvalue weighted by molar-refractivity contribution is 5.93. The largest absolute Gasteiger partial charge is 0.381 e. The lowest BCUT2D eigenvalue weighted by molar-refractivity contribution is -0.140. The van der Waals surface area contributed by atoms with Crippen molar-refractivity contribution in [2.24, 2.45) is 11.3 Å². The van der Waals surface area contributed by atoms with E-state index in [1.165, 1.54) is 57.1 Å². The number of ether oxygens (including phenoxy) is 1. The fourth-order valence-electron chi connectivity index (χ4n) is 6.03. The van der Waals surface area contributed by atoms with Crippen molar-refractivity contribution in [3.63, 3.8) is 0 Å². The topological polar surface area (TPSA) is 58.2 Å². The van der Waals surface area contributed by atoms with Gasteiger partial charge < -0.3 is 9.64 Å². The molecule has 4 aliphatic rings. The van der Waals surface area contributed by atoms with Crippen molar-refractivity contribution >= 4 is 5.91 Å². The van der Waals surface area contributed by atoms with Crippen LogP contribution in [0.3, 0.4) is 0 Å². The fourth-order valence-corrected chi connectivity index (χ4v) is 6.03. The molecule has 1 aromatic heterocycles. The van der Waals surface area contributed by atoms with Crippen molar-refractivity contribution in [3.05, 3.63) is 17.5 Å². The van der Waals surface area contributed by atoms with Gasteiger partial charge in [-0.25, -0.2) is 0 Å². The second-order valence-corrected chi connectivity index (χ2v) is 9.09. The van der Waals surface area contributed by atoms with Crippen LogP contribution in [0.25, 0.3) is 0 Å². The summed E-state index contributed by atoms with van der Waals surface area (Å²) in [6, 6.07) is 2.47. The van der Waals surface area contributed by atoms with Gasteiger partial charge in [0, 0.05) is 42.8 Å². The fraction of sp³-hybridized carbons (Fsp3) is 0.810. The van der Waals surface area contributed by atoms with E-state index >= 15 is 0 Å². The molecule has 5 heteroatoms. The summed E-state index contributed by atoms with van der Waals surface area (Å²) < 4.78 is 5.57. The lowest BCUT2D eigenvalue weighted by atomic mass is 9.54. The molecule has 2 aliphatic heterocycles. The van der Waals surface area contributed by atoms with E-state index in [-0.39, 0.29) is 5.91 Å². The summed E-state index contributed by atoms with van der Waals surface area (Å²) in [5.41, 5.74) is 2.23. The number of likely N-dealkylation sites (tertiary alicyclic amines) is 1. The first-order valence-corrected chi connectivity index (χ1v) is 10.7. The summed E-state index contributed by atoms with van der Waals surface area (Å²) >= 11 is 0. The Morgan fingerprint density at radius 3 is 2.58 bits per heavy atom. The molecule has 1 amide bonds. The number of H-pyrrole nitrogens is 1. The van der Waals surface area contributed by atoms with Crippen LogP contribution >= 0.6 is 0 Å². The van der Waals surface area contributed by atoms with E-state index in [1.54, 1.807) is 0 Å². The van der Waals surface area contributed by atoms with Crippen LogP contribution in [0.15, 0.2) is 6.07 Å². The van der Waals surface area contributed by atoms with E-state index < -0.39 is 0 Å². The number of aromatic amines is 1. The molecule has 4 fully saturated rings. The molecular formula is C21H31N3O2. The molecule has 0 unspecified atom stereocenters. The highest BCUT2D eigenvalue weighted by Crippen LogP contribution is 2.57. The van der Waals surface area contributed by atoms with Gasteiger partial charge in [0.25, 0.3) is 5.91 Å². The number of carbonyl (C=O) groups is 1.